The number of sulfone groups is 1. The zero-order valence-corrected chi connectivity index (χ0v) is 12.7. The highest BCUT2D eigenvalue weighted by atomic mass is 32.2. The Hall–Kier alpha value is -1.36. The van der Waals surface area contributed by atoms with Crippen molar-refractivity contribution < 1.29 is 17.9 Å². The number of Topliss-reactive ketones (excluding diaryl/α,β-unsaturated/α-hetero) is 1. The van der Waals surface area contributed by atoms with Gasteiger partial charge in [0, 0.05) is 17.5 Å². The number of carbonyl (C=O) groups excluding carboxylic acids is 1. The first kappa shape index (κ1) is 15.0. The van der Waals surface area contributed by atoms with Gasteiger partial charge in [-0.05, 0) is 32.8 Å². The molecule has 0 radical (unpaired) electrons. The summed E-state index contributed by atoms with van der Waals surface area (Å²) in [7, 11) is -3.09. The predicted octanol–water partition coefficient (Wildman–Crippen LogP) is 2.41. The number of benzene rings is 1. The van der Waals surface area contributed by atoms with Crippen molar-refractivity contribution in [3.63, 3.8) is 0 Å². The van der Waals surface area contributed by atoms with Crippen LogP contribution in [0.3, 0.4) is 0 Å². The van der Waals surface area contributed by atoms with E-state index in [4.69, 9.17) is 4.74 Å². The number of fused-ring (bicyclic) bond motifs is 1. The van der Waals surface area contributed by atoms with Gasteiger partial charge in [-0.15, -0.1) is 0 Å². The molecule has 0 aromatic heterocycles. The lowest BCUT2D eigenvalue weighted by Crippen LogP contribution is -2.22. The van der Waals surface area contributed by atoms with Crippen LogP contribution in [0.25, 0.3) is 0 Å². The minimum absolute atomic E-state index is 0.00226. The van der Waals surface area contributed by atoms with Crippen molar-refractivity contribution in [2.45, 2.75) is 38.4 Å². The van der Waals surface area contributed by atoms with Gasteiger partial charge in [-0.3, -0.25) is 4.79 Å². The van der Waals surface area contributed by atoms with Gasteiger partial charge < -0.3 is 4.74 Å². The Labute approximate surface area is 120 Å². The number of ether oxygens (including phenoxy) is 1. The van der Waals surface area contributed by atoms with Crippen LogP contribution in [-0.2, 0) is 16.3 Å². The summed E-state index contributed by atoms with van der Waals surface area (Å²) in [6.07, 6.45) is 2.23. The summed E-state index contributed by atoms with van der Waals surface area (Å²) >= 11 is 0. The summed E-state index contributed by atoms with van der Waals surface area (Å²) < 4.78 is 29.1. The van der Waals surface area contributed by atoms with E-state index in [0.29, 0.717) is 12.2 Å². The van der Waals surface area contributed by atoms with Gasteiger partial charge in [-0.1, -0.05) is 12.1 Å². The van der Waals surface area contributed by atoms with E-state index in [-0.39, 0.29) is 18.1 Å². The van der Waals surface area contributed by atoms with Crippen molar-refractivity contribution in [2.24, 2.45) is 0 Å². The maximum atomic E-state index is 11.8. The Morgan fingerprint density at radius 3 is 2.70 bits per heavy atom. The molecular formula is C15H20O4S. The first-order valence-electron chi connectivity index (χ1n) is 6.91. The second-order valence-corrected chi connectivity index (χ2v) is 8.00. The molecule has 0 amide bonds. The predicted molar refractivity (Wildman–Crippen MR) is 78.1 cm³/mol. The quantitative estimate of drug-likeness (QED) is 0.837. The zero-order valence-electron chi connectivity index (χ0n) is 11.9. The van der Waals surface area contributed by atoms with Crippen LogP contribution in [0.1, 0.15) is 42.6 Å². The van der Waals surface area contributed by atoms with Crippen LogP contribution in [0.15, 0.2) is 18.2 Å². The summed E-state index contributed by atoms with van der Waals surface area (Å²) in [6, 6.07) is 5.41. The van der Waals surface area contributed by atoms with E-state index in [0.717, 1.165) is 24.0 Å². The molecular weight excluding hydrogens is 276 g/mol. The summed E-state index contributed by atoms with van der Waals surface area (Å²) in [5.74, 6) is 0.795. The lowest BCUT2D eigenvalue weighted by molar-refractivity contribution is 0.0971. The van der Waals surface area contributed by atoms with Crippen molar-refractivity contribution in [3.05, 3.63) is 29.3 Å². The minimum atomic E-state index is -3.09. The molecule has 1 aliphatic carbocycles. The minimum Gasteiger partial charge on any atom is -0.492 e. The molecule has 110 valence electrons. The zero-order chi connectivity index (χ0) is 14.8. The third-order valence-electron chi connectivity index (χ3n) is 3.61. The van der Waals surface area contributed by atoms with Gasteiger partial charge >= 0.3 is 0 Å². The van der Waals surface area contributed by atoms with E-state index in [1.54, 1.807) is 26.0 Å². The molecule has 0 bridgehead atoms. The monoisotopic (exact) mass is 296 g/mol. The second kappa shape index (κ2) is 5.95. The van der Waals surface area contributed by atoms with Crippen LogP contribution in [0.5, 0.6) is 5.75 Å². The van der Waals surface area contributed by atoms with Gasteiger partial charge in [0.2, 0.25) is 0 Å². The van der Waals surface area contributed by atoms with Crippen LogP contribution >= 0.6 is 0 Å². The number of rotatable bonds is 5. The third kappa shape index (κ3) is 3.20. The van der Waals surface area contributed by atoms with Gasteiger partial charge in [0.05, 0.1) is 11.0 Å². The van der Waals surface area contributed by atoms with Gasteiger partial charge in [0.15, 0.2) is 15.6 Å². The Morgan fingerprint density at radius 2 is 2.00 bits per heavy atom. The molecule has 1 aromatic rings. The molecule has 5 heteroatoms. The summed E-state index contributed by atoms with van der Waals surface area (Å²) in [5.41, 5.74) is 1.64. The average molecular weight is 296 g/mol. The highest BCUT2D eigenvalue weighted by Crippen LogP contribution is 2.29. The molecule has 0 saturated heterocycles. The Kier molecular flexibility index (Phi) is 4.48. The van der Waals surface area contributed by atoms with Gasteiger partial charge in [-0.25, -0.2) is 8.42 Å². The summed E-state index contributed by atoms with van der Waals surface area (Å²) in [4.78, 5) is 11.8. The smallest absolute Gasteiger partial charge is 0.163 e. The Bertz CT molecular complexity index is 602. The maximum Gasteiger partial charge on any atom is 0.163 e. The van der Waals surface area contributed by atoms with Crippen LogP contribution < -0.4 is 4.74 Å². The van der Waals surface area contributed by atoms with Crippen LogP contribution in [0.4, 0.5) is 0 Å². The maximum absolute atomic E-state index is 11.8. The molecule has 1 aromatic carbocycles. The topological polar surface area (TPSA) is 60.4 Å². The number of carbonyl (C=O) groups is 1. The lowest BCUT2D eigenvalue weighted by atomic mass is 9.90. The van der Waals surface area contributed by atoms with E-state index < -0.39 is 15.1 Å². The van der Waals surface area contributed by atoms with Crippen LogP contribution in [0.2, 0.25) is 0 Å². The molecule has 4 nitrogen and oxygen atoms in total. The van der Waals surface area contributed by atoms with Crippen molar-refractivity contribution in [2.75, 3.05) is 12.4 Å². The van der Waals surface area contributed by atoms with E-state index >= 15 is 0 Å². The van der Waals surface area contributed by atoms with E-state index in [2.05, 4.69) is 0 Å². The van der Waals surface area contributed by atoms with Crippen LogP contribution in [0, 0.1) is 0 Å². The van der Waals surface area contributed by atoms with Crippen molar-refractivity contribution in [3.8, 4) is 5.75 Å². The van der Waals surface area contributed by atoms with Crippen LogP contribution in [-0.4, -0.2) is 31.8 Å². The molecule has 0 N–H and O–H groups in total. The van der Waals surface area contributed by atoms with E-state index in [1.807, 2.05) is 6.07 Å². The van der Waals surface area contributed by atoms with E-state index in [9.17, 15) is 13.2 Å². The molecule has 0 spiro atoms. The molecule has 0 unspecified atom stereocenters. The van der Waals surface area contributed by atoms with Gasteiger partial charge in [-0.2, -0.15) is 0 Å². The largest absolute Gasteiger partial charge is 0.492 e. The highest BCUT2D eigenvalue weighted by molar-refractivity contribution is 7.91. The standard InChI is InChI=1S/C15H20O4S/c1-11(2)20(17,18)10-9-19-15-8-4-5-12-13(15)6-3-7-14(12)16/h4-5,8,11H,3,6-7,9-10H2,1-2H3. The molecule has 0 fully saturated rings. The van der Waals surface area contributed by atoms with Crippen molar-refractivity contribution in [1.29, 1.82) is 0 Å². The first-order chi connectivity index (χ1) is 9.42. The molecule has 0 saturated carbocycles. The fourth-order valence-corrected chi connectivity index (χ4v) is 3.07. The van der Waals surface area contributed by atoms with Crippen molar-refractivity contribution in [1.82, 2.24) is 0 Å². The van der Waals surface area contributed by atoms with Crippen molar-refractivity contribution >= 4 is 15.6 Å². The molecule has 2 rings (SSSR count). The molecule has 0 atom stereocenters. The van der Waals surface area contributed by atoms with Gasteiger partial charge in [0.1, 0.15) is 12.4 Å². The third-order valence-corrected chi connectivity index (χ3v) is 5.78. The molecule has 20 heavy (non-hydrogen) atoms. The molecule has 0 heterocycles. The van der Waals surface area contributed by atoms with E-state index in [1.165, 1.54) is 0 Å². The average Bonchev–Trinajstić information content (AvgIpc) is 2.39. The summed E-state index contributed by atoms with van der Waals surface area (Å²) in [5, 5.41) is -0.391. The number of ketones is 1. The second-order valence-electron chi connectivity index (χ2n) is 5.32. The summed E-state index contributed by atoms with van der Waals surface area (Å²) in [6.45, 7) is 3.46. The highest BCUT2D eigenvalue weighted by Gasteiger charge is 2.21. The fraction of sp³-hybridized carbons (Fsp3) is 0.533. The fourth-order valence-electron chi connectivity index (χ4n) is 2.28. The number of hydrogen-bond donors (Lipinski definition) is 0. The molecule has 0 aliphatic heterocycles. The first-order valence-corrected chi connectivity index (χ1v) is 8.63. The Morgan fingerprint density at radius 1 is 1.25 bits per heavy atom. The lowest BCUT2D eigenvalue weighted by Gasteiger charge is -2.18. The Balaban J connectivity index is 2.08. The molecule has 1 aliphatic rings. The normalized spacial score (nSPS) is 15.2. The number of hydrogen-bond acceptors (Lipinski definition) is 4. The van der Waals surface area contributed by atoms with Gasteiger partial charge in [0.25, 0.3) is 0 Å². The SMILES string of the molecule is CC(C)S(=O)(=O)CCOc1cccc2c1CCCC2=O.